The first-order valence-corrected chi connectivity index (χ1v) is 7.39. The molecular formula is C16H22FNO4. The minimum Gasteiger partial charge on any atom is -0.382 e. The fourth-order valence-electron chi connectivity index (χ4n) is 2.39. The van der Waals surface area contributed by atoms with Crippen LogP contribution in [0.25, 0.3) is 0 Å². The number of hydrogen-bond acceptors (Lipinski definition) is 4. The predicted molar refractivity (Wildman–Crippen MR) is 79.1 cm³/mol. The Morgan fingerprint density at radius 3 is 3.09 bits per heavy atom. The van der Waals surface area contributed by atoms with Crippen molar-refractivity contribution in [3.63, 3.8) is 0 Å². The van der Waals surface area contributed by atoms with E-state index < -0.39 is 0 Å². The van der Waals surface area contributed by atoms with Gasteiger partial charge in [0, 0.05) is 26.6 Å². The zero-order chi connectivity index (χ0) is 15.8. The first kappa shape index (κ1) is 16.9. The van der Waals surface area contributed by atoms with Gasteiger partial charge in [-0.05, 0) is 17.7 Å². The maximum atomic E-state index is 13.2. The number of rotatable bonds is 7. The number of ether oxygens (including phenoxy) is 3. The molecule has 2 rings (SSSR count). The van der Waals surface area contributed by atoms with Crippen molar-refractivity contribution in [2.75, 3.05) is 46.6 Å². The van der Waals surface area contributed by atoms with Crippen LogP contribution in [0.5, 0.6) is 0 Å². The Hall–Kier alpha value is -1.50. The Balaban J connectivity index is 1.79. The standard InChI is InChI=1S/C16H22FNO4/c1-20-7-8-21-12-16(19)18-5-6-22-15(11-18)10-13-3-2-4-14(17)9-13/h2-4,9,15H,5-8,10-12H2,1H3/t15-/m1/s1. The van der Waals surface area contributed by atoms with Crippen molar-refractivity contribution in [2.45, 2.75) is 12.5 Å². The number of morpholine rings is 1. The molecule has 1 atom stereocenters. The van der Waals surface area contributed by atoms with E-state index in [4.69, 9.17) is 14.2 Å². The molecule has 0 spiro atoms. The quantitative estimate of drug-likeness (QED) is 0.711. The van der Waals surface area contributed by atoms with Crippen LogP contribution in [-0.2, 0) is 25.4 Å². The maximum Gasteiger partial charge on any atom is 0.248 e. The summed E-state index contributed by atoms with van der Waals surface area (Å²) in [5.74, 6) is -0.309. The van der Waals surface area contributed by atoms with Gasteiger partial charge in [-0.1, -0.05) is 12.1 Å². The molecule has 1 heterocycles. The second kappa shape index (κ2) is 8.82. The number of benzene rings is 1. The molecule has 1 saturated heterocycles. The molecule has 0 aromatic heterocycles. The fourth-order valence-corrected chi connectivity index (χ4v) is 2.39. The molecule has 0 radical (unpaired) electrons. The Bertz CT molecular complexity index is 483. The summed E-state index contributed by atoms with van der Waals surface area (Å²) in [6, 6.07) is 6.46. The van der Waals surface area contributed by atoms with Crippen LogP contribution >= 0.6 is 0 Å². The minimum atomic E-state index is -0.257. The molecule has 0 aliphatic carbocycles. The number of halogens is 1. The average Bonchev–Trinajstić information content (AvgIpc) is 2.52. The zero-order valence-electron chi connectivity index (χ0n) is 12.8. The van der Waals surface area contributed by atoms with Crippen molar-refractivity contribution in [3.8, 4) is 0 Å². The monoisotopic (exact) mass is 311 g/mol. The van der Waals surface area contributed by atoms with Crippen molar-refractivity contribution < 1.29 is 23.4 Å². The van der Waals surface area contributed by atoms with E-state index in [-0.39, 0.29) is 24.4 Å². The molecule has 1 amide bonds. The van der Waals surface area contributed by atoms with Gasteiger partial charge in [-0.15, -0.1) is 0 Å². The van der Waals surface area contributed by atoms with Gasteiger partial charge in [0.25, 0.3) is 0 Å². The highest BCUT2D eigenvalue weighted by atomic mass is 19.1. The molecule has 22 heavy (non-hydrogen) atoms. The summed E-state index contributed by atoms with van der Waals surface area (Å²) in [6.45, 7) is 2.48. The van der Waals surface area contributed by atoms with Gasteiger partial charge in [0.1, 0.15) is 12.4 Å². The summed E-state index contributed by atoms with van der Waals surface area (Å²) in [4.78, 5) is 13.8. The van der Waals surface area contributed by atoms with Crippen molar-refractivity contribution in [3.05, 3.63) is 35.6 Å². The van der Waals surface area contributed by atoms with E-state index in [1.807, 2.05) is 6.07 Å². The van der Waals surface area contributed by atoms with Crippen LogP contribution in [-0.4, -0.2) is 63.5 Å². The highest BCUT2D eigenvalue weighted by Gasteiger charge is 2.24. The van der Waals surface area contributed by atoms with Crippen LogP contribution in [0.3, 0.4) is 0 Å². The van der Waals surface area contributed by atoms with E-state index >= 15 is 0 Å². The summed E-state index contributed by atoms with van der Waals surface area (Å²) in [5, 5.41) is 0. The summed E-state index contributed by atoms with van der Waals surface area (Å²) < 4.78 is 29.0. The number of hydrogen-bond donors (Lipinski definition) is 0. The lowest BCUT2D eigenvalue weighted by molar-refractivity contribution is -0.143. The summed E-state index contributed by atoms with van der Waals surface area (Å²) >= 11 is 0. The third-order valence-electron chi connectivity index (χ3n) is 3.50. The largest absolute Gasteiger partial charge is 0.382 e. The Morgan fingerprint density at radius 1 is 1.45 bits per heavy atom. The molecule has 122 valence electrons. The smallest absolute Gasteiger partial charge is 0.248 e. The molecule has 0 bridgehead atoms. The van der Waals surface area contributed by atoms with Crippen LogP contribution in [0.1, 0.15) is 5.56 Å². The van der Waals surface area contributed by atoms with E-state index in [2.05, 4.69) is 0 Å². The molecule has 1 aromatic carbocycles. The van der Waals surface area contributed by atoms with E-state index in [1.165, 1.54) is 12.1 Å². The summed E-state index contributed by atoms with van der Waals surface area (Å²) in [7, 11) is 1.59. The van der Waals surface area contributed by atoms with Gasteiger partial charge in [-0.3, -0.25) is 4.79 Å². The van der Waals surface area contributed by atoms with Crippen molar-refractivity contribution >= 4 is 5.91 Å². The number of carbonyl (C=O) groups is 1. The van der Waals surface area contributed by atoms with Gasteiger partial charge in [0.15, 0.2) is 0 Å². The predicted octanol–water partition coefficient (Wildman–Crippen LogP) is 1.26. The Labute approximate surface area is 130 Å². The second-order valence-corrected chi connectivity index (χ2v) is 5.21. The molecule has 1 aliphatic rings. The third-order valence-corrected chi connectivity index (χ3v) is 3.50. The molecule has 6 heteroatoms. The molecule has 5 nitrogen and oxygen atoms in total. The topological polar surface area (TPSA) is 48.0 Å². The van der Waals surface area contributed by atoms with E-state index in [0.717, 1.165) is 5.56 Å². The molecule has 1 aliphatic heterocycles. The lowest BCUT2D eigenvalue weighted by atomic mass is 10.1. The van der Waals surface area contributed by atoms with Crippen molar-refractivity contribution in [1.82, 2.24) is 4.90 Å². The Kier molecular flexibility index (Phi) is 6.76. The fraction of sp³-hybridized carbons (Fsp3) is 0.562. The normalized spacial score (nSPS) is 18.5. The molecule has 0 unspecified atom stereocenters. The maximum absolute atomic E-state index is 13.2. The molecule has 0 N–H and O–H groups in total. The number of carbonyl (C=O) groups excluding carboxylic acids is 1. The van der Waals surface area contributed by atoms with E-state index in [0.29, 0.717) is 39.3 Å². The first-order valence-electron chi connectivity index (χ1n) is 7.39. The lowest BCUT2D eigenvalue weighted by Crippen LogP contribution is -2.47. The van der Waals surface area contributed by atoms with Crippen LogP contribution in [0, 0.1) is 5.82 Å². The molecular weight excluding hydrogens is 289 g/mol. The van der Waals surface area contributed by atoms with E-state index in [9.17, 15) is 9.18 Å². The van der Waals surface area contributed by atoms with Crippen LogP contribution < -0.4 is 0 Å². The van der Waals surface area contributed by atoms with Crippen molar-refractivity contribution in [2.24, 2.45) is 0 Å². The molecule has 0 saturated carbocycles. The third kappa shape index (κ3) is 5.36. The SMILES string of the molecule is COCCOCC(=O)N1CCO[C@H](Cc2cccc(F)c2)C1. The van der Waals surface area contributed by atoms with Gasteiger partial charge < -0.3 is 19.1 Å². The van der Waals surface area contributed by atoms with Crippen LogP contribution in [0.2, 0.25) is 0 Å². The second-order valence-electron chi connectivity index (χ2n) is 5.21. The highest BCUT2D eigenvalue weighted by molar-refractivity contribution is 5.77. The minimum absolute atomic E-state index is 0.0516. The van der Waals surface area contributed by atoms with Crippen LogP contribution in [0.4, 0.5) is 4.39 Å². The number of amides is 1. The highest BCUT2D eigenvalue weighted by Crippen LogP contribution is 2.13. The summed E-state index contributed by atoms with van der Waals surface area (Å²) in [5.41, 5.74) is 0.871. The molecule has 1 fully saturated rings. The first-order chi connectivity index (χ1) is 10.7. The summed E-state index contributed by atoms with van der Waals surface area (Å²) in [6.07, 6.45) is 0.477. The van der Waals surface area contributed by atoms with Gasteiger partial charge in [-0.2, -0.15) is 0 Å². The van der Waals surface area contributed by atoms with Crippen LogP contribution in [0.15, 0.2) is 24.3 Å². The lowest BCUT2D eigenvalue weighted by Gasteiger charge is -2.33. The number of methoxy groups -OCH3 is 1. The van der Waals surface area contributed by atoms with Crippen molar-refractivity contribution in [1.29, 1.82) is 0 Å². The average molecular weight is 311 g/mol. The molecule has 1 aromatic rings. The van der Waals surface area contributed by atoms with E-state index in [1.54, 1.807) is 18.1 Å². The van der Waals surface area contributed by atoms with Gasteiger partial charge >= 0.3 is 0 Å². The number of nitrogens with zero attached hydrogens (tertiary/aromatic N) is 1. The van der Waals surface area contributed by atoms with Gasteiger partial charge in [-0.25, -0.2) is 4.39 Å². The Morgan fingerprint density at radius 2 is 2.32 bits per heavy atom. The zero-order valence-corrected chi connectivity index (χ0v) is 12.8. The van der Waals surface area contributed by atoms with Gasteiger partial charge in [0.2, 0.25) is 5.91 Å². The van der Waals surface area contributed by atoms with Gasteiger partial charge in [0.05, 0.1) is 25.9 Å².